The zero-order valence-electron chi connectivity index (χ0n) is 11.3. The molecule has 1 aromatic carbocycles. The van der Waals surface area contributed by atoms with Gasteiger partial charge in [-0.15, -0.1) is 0 Å². The third-order valence-corrected chi connectivity index (χ3v) is 4.31. The Labute approximate surface area is 121 Å². The molecule has 2 aliphatic rings. The Morgan fingerprint density at radius 1 is 1.10 bits per heavy atom. The van der Waals surface area contributed by atoms with Gasteiger partial charge < -0.3 is 10.2 Å². The quantitative estimate of drug-likeness (QED) is 0.809. The van der Waals surface area contributed by atoms with Gasteiger partial charge in [-0.1, -0.05) is 12.8 Å². The Kier molecular flexibility index (Phi) is 3.16. The number of amides is 2. The van der Waals surface area contributed by atoms with Crippen LogP contribution in [0.25, 0.3) is 0 Å². The predicted octanol–water partition coefficient (Wildman–Crippen LogP) is 1.77. The lowest BCUT2D eigenvalue weighted by Crippen LogP contribution is -2.30. The molecule has 0 aromatic heterocycles. The van der Waals surface area contributed by atoms with Gasteiger partial charge in [-0.2, -0.15) is 0 Å². The van der Waals surface area contributed by atoms with E-state index >= 15 is 0 Å². The lowest BCUT2D eigenvalue weighted by atomic mass is 9.81. The zero-order valence-corrected chi connectivity index (χ0v) is 11.3. The first-order valence-corrected chi connectivity index (χ1v) is 6.95. The van der Waals surface area contributed by atoms with Crippen LogP contribution in [0.4, 0.5) is 5.69 Å². The molecule has 21 heavy (non-hydrogen) atoms. The number of aromatic carboxylic acids is 1. The summed E-state index contributed by atoms with van der Waals surface area (Å²) in [7, 11) is 0. The number of fused-ring (bicyclic) bond motifs is 1. The van der Waals surface area contributed by atoms with E-state index in [4.69, 9.17) is 5.11 Å². The average molecular weight is 289 g/mol. The number of hydrogen-bond donors (Lipinski definition) is 2. The standard InChI is InChI=1S/C15H15NO5/c17-12-7-8(5-6-11(12)15(20)21)16-13(18)9-3-1-2-4-10(9)14(16)19/h5-7,9-10,17H,1-4H2,(H,20,21). The zero-order chi connectivity index (χ0) is 15.1. The van der Waals surface area contributed by atoms with Gasteiger partial charge in [0.1, 0.15) is 11.3 Å². The molecule has 3 rings (SSSR count). The number of nitrogens with zero attached hydrogens (tertiary/aromatic N) is 1. The van der Waals surface area contributed by atoms with Crippen molar-refractivity contribution in [3.8, 4) is 5.75 Å². The molecule has 6 heteroatoms. The molecule has 1 saturated heterocycles. The lowest BCUT2D eigenvalue weighted by Gasteiger charge is -2.19. The van der Waals surface area contributed by atoms with Crippen LogP contribution in [0.15, 0.2) is 18.2 Å². The molecule has 1 saturated carbocycles. The molecule has 2 fully saturated rings. The average Bonchev–Trinajstić information content (AvgIpc) is 2.71. The Balaban J connectivity index is 1.97. The number of benzene rings is 1. The summed E-state index contributed by atoms with van der Waals surface area (Å²) < 4.78 is 0. The van der Waals surface area contributed by atoms with Crippen LogP contribution in [0.5, 0.6) is 5.75 Å². The number of hydrogen-bond acceptors (Lipinski definition) is 4. The van der Waals surface area contributed by atoms with Crippen molar-refractivity contribution in [1.82, 2.24) is 0 Å². The van der Waals surface area contributed by atoms with Crippen molar-refractivity contribution < 1.29 is 24.6 Å². The first-order chi connectivity index (χ1) is 10.0. The second-order valence-electron chi connectivity index (χ2n) is 5.52. The SMILES string of the molecule is O=C(O)c1ccc(N2C(=O)C3CCCCC3C2=O)cc1O. The van der Waals surface area contributed by atoms with Crippen molar-refractivity contribution in [3.05, 3.63) is 23.8 Å². The first kappa shape index (κ1) is 13.6. The third-order valence-electron chi connectivity index (χ3n) is 4.31. The maximum atomic E-state index is 12.4. The number of carboxylic acid groups (broad SMARTS) is 1. The molecular formula is C15H15NO5. The minimum atomic E-state index is -1.26. The van der Waals surface area contributed by atoms with Crippen LogP contribution in [0, 0.1) is 11.8 Å². The van der Waals surface area contributed by atoms with E-state index in [9.17, 15) is 19.5 Å². The summed E-state index contributed by atoms with van der Waals surface area (Å²) in [5, 5.41) is 18.6. The van der Waals surface area contributed by atoms with Gasteiger partial charge in [0.15, 0.2) is 0 Å². The van der Waals surface area contributed by atoms with Gasteiger partial charge in [0.05, 0.1) is 17.5 Å². The highest BCUT2D eigenvalue weighted by atomic mass is 16.4. The summed E-state index contributed by atoms with van der Waals surface area (Å²) in [5.74, 6) is -2.73. The Hall–Kier alpha value is -2.37. The molecule has 6 nitrogen and oxygen atoms in total. The highest BCUT2D eigenvalue weighted by Crippen LogP contribution is 2.40. The van der Waals surface area contributed by atoms with Crippen LogP contribution in [0.3, 0.4) is 0 Å². The molecule has 110 valence electrons. The van der Waals surface area contributed by atoms with E-state index in [-0.39, 0.29) is 34.9 Å². The number of carbonyl (C=O) groups is 3. The number of phenols is 1. The fraction of sp³-hybridized carbons (Fsp3) is 0.400. The fourth-order valence-corrected chi connectivity index (χ4v) is 3.26. The van der Waals surface area contributed by atoms with Gasteiger partial charge >= 0.3 is 5.97 Å². The second kappa shape index (κ2) is 4.87. The first-order valence-electron chi connectivity index (χ1n) is 6.95. The smallest absolute Gasteiger partial charge is 0.339 e. The number of aromatic hydroxyl groups is 1. The van der Waals surface area contributed by atoms with Crippen LogP contribution >= 0.6 is 0 Å². The minimum Gasteiger partial charge on any atom is -0.507 e. The van der Waals surface area contributed by atoms with E-state index in [1.54, 1.807) is 0 Å². The fourth-order valence-electron chi connectivity index (χ4n) is 3.26. The molecule has 2 atom stereocenters. The molecule has 2 N–H and O–H groups in total. The second-order valence-corrected chi connectivity index (χ2v) is 5.52. The van der Waals surface area contributed by atoms with Crippen molar-refractivity contribution in [2.75, 3.05) is 4.90 Å². The summed E-state index contributed by atoms with van der Waals surface area (Å²) in [5.41, 5.74) is -0.0165. The Bertz CT molecular complexity index is 615. The van der Waals surface area contributed by atoms with E-state index in [1.807, 2.05) is 0 Å². The summed E-state index contributed by atoms with van der Waals surface area (Å²) in [6.45, 7) is 0. The molecule has 2 amide bonds. The van der Waals surface area contributed by atoms with Crippen LogP contribution < -0.4 is 4.90 Å². The van der Waals surface area contributed by atoms with E-state index in [0.717, 1.165) is 23.8 Å². The van der Waals surface area contributed by atoms with Gasteiger partial charge in [0.25, 0.3) is 0 Å². The largest absolute Gasteiger partial charge is 0.507 e. The predicted molar refractivity (Wildman–Crippen MR) is 73.0 cm³/mol. The van der Waals surface area contributed by atoms with E-state index in [0.29, 0.717) is 12.8 Å². The van der Waals surface area contributed by atoms with E-state index in [2.05, 4.69) is 0 Å². The molecule has 1 aliphatic heterocycles. The van der Waals surface area contributed by atoms with Crippen LogP contribution in [-0.4, -0.2) is 28.0 Å². The third kappa shape index (κ3) is 2.07. The monoisotopic (exact) mass is 289 g/mol. The maximum absolute atomic E-state index is 12.4. The Morgan fingerprint density at radius 3 is 2.14 bits per heavy atom. The number of carboxylic acids is 1. The van der Waals surface area contributed by atoms with Crippen molar-refractivity contribution in [2.45, 2.75) is 25.7 Å². The van der Waals surface area contributed by atoms with Crippen LogP contribution in [0.2, 0.25) is 0 Å². The number of rotatable bonds is 2. The Morgan fingerprint density at radius 2 is 1.67 bits per heavy atom. The van der Waals surface area contributed by atoms with Crippen LogP contribution in [-0.2, 0) is 9.59 Å². The maximum Gasteiger partial charge on any atom is 0.339 e. The topological polar surface area (TPSA) is 94.9 Å². The molecule has 0 bridgehead atoms. The highest BCUT2D eigenvalue weighted by molar-refractivity contribution is 6.22. The van der Waals surface area contributed by atoms with Crippen LogP contribution in [0.1, 0.15) is 36.0 Å². The van der Waals surface area contributed by atoms with Gasteiger partial charge in [-0.25, -0.2) is 9.69 Å². The van der Waals surface area contributed by atoms with E-state index < -0.39 is 11.7 Å². The summed E-state index contributed by atoms with van der Waals surface area (Å²) >= 11 is 0. The van der Waals surface area contributed by atoms with Crippen molar-refractivity contribution in [1.29, 1.82) is 0 Å². The number of anilines is 1. The summed E-state index contributed by atoms with van der Waals surface area (Å²) in [4.78, 5) is 36.7. The molecule has 1 heterocycles. The molecule has 1 aromatic rings. The van der Waals surface area contributed by atoms with Gasteiger partial charge in [-0.3, -0.25) is 9.59 Å². The molecule has 2 unspecified atom stereocenters. The van der Waals surface area contributed by atoms with E-state index in [1.165, 1.54) is 12.1 Å². The summed E-state index contributed by atoms with van der Waals surface area (Å²) in [6.07, 6.45) is 3.31. The van der Waals surface area contributed by atoms with Crippen molar-refractivity contribution in [2.24, 2.45) is 11.8 Å². The van der Waals surface area contributed by atoms with Crippen molar-refractivity contribution in [3.63, 3.8) is 0 Å². The highest BCUT2D eigenvalue weighted by Gasteiger charge is 2.48. The molecule has 0 radical (unpaired) electrons. The lowest BCUT2D eigenvalue weighted by molar-refractivity contribution is -0.122. The molecule has 0 spiro atoms. The number of imide groups is 1. The van der Waals surface area contributed by atoms with Gasteiger partial charge in [-0.05, 0) is 25.0 Å². The summed E-state index contributed by atoms with van der Waals surface area (Å²) in [6, 6.07) is 3.75. The van der Waals surface area contributed by atoms with Gasteiger partial charge in [0, 0.05) is 6.07 Å². The van der Waals surface area contributed by atoms with Crippen molar-refractivity contribution >= 4 is 23.5 Å². The minimum absolute atomic E-state index is 0.238. The number of carbonyl (C=O) groups excluding carboxylic acids is 2. The van der Waals surface area contributed by atoms with Gasteiger partial charge in [0.2, 0.25) is 11.8 Å². The normalized spacial score (nSPS) is 25.0. The molecular weight excluding hydrogens is 274 g/mol. The molecule has 1 aliphatic carbocycles.